The van der Waals surface area contributed by atoms with E-state index in [0.29, 0.717) is 15.4 Å². The van der Waals surface area contributed by atoms with Crippen molar-refractivity contribution in [2.75, 3.05) is 0 Å². The summed E-state index contributed by atoms with van der Waals surface area (Å²) in [6.45, 7) is 0.0573. The molecule has 1 aliphatic rings. The van der Waals surface area contributed by atoms with Crippen molar-refractivity contribution in [3.05, 3.63) is 116 Å². The zero-order valence-electron chi connectivity index (χ0n) is 15.9. The van der Waals surface area contributed by atoms with Gasteiger partial charge in [0.15, 0.2) is 5.43 Å². The molecule has 31 heavy (non-hydrogen) atoms. The molecule has 0 N–H and O–H groups in total. The van der Waals surface area contributed by atoms with E-state index in [2.05, 4.69) is 15.9 Å². The van der Waals surface area contributed by atoms with Gasteiger partial charge in [-0.2, -0.15) is 0 Å². The largest absolute Gasteiger partial charge is 0.450 e. The van der Waals surface area contributed by atoms with Crippen molar-refractivity contribution in [3.8, 4) is 0 Å². The number of hydrogen-bond donors (Lipinski definition) is 0. The Bertz CT molecular complexity index is 1400. The van der Waals surface area contributed by atoms with Crippen molar-refractivity contribution in [1.29, 1.82) is 0 Å². The molecule has 5 rings (SSSR count). The van der Waals surface area contributed by atoms with Gasteiger partial charge in [0.05, 0.1) is 17.0 Å². The Morgan fingerprint density at radius 3 is 2.45 bits per heavy atom. The van der Waals surface area contributed by atoms with Gasteiger partial charge in [-0.25, -0.2) is 8.78 Å². The van der Waals surface area contributed by atoms with E-state index in [1.807, 2.05) is 0 Å². The Morgan fingerprint density at radius 2 is 1.71 bits per heavy atom. The molecule has 1 aromatic heterocycles. The molecule has 1 amide bonds. The summed E-state index contributed by atoms with van der Waals surface area (Å²) in [4.78, 5) is 28.1. The molecule has 1 unspecified atom stereocenters. The predicted molar refractivity (Wildman–Crippen MR) is 115 cm³/mol. The van der Waals surface area contributed by atoms with Crippen LogP contribution < -0.4 is 5.43 Å². The van der Waals surface area contributed by atoms with Crippen LogP contribution in [0.4, 0.5) is 8.78 Å². The van der Waals surface area contributed by atoms with Gasteiger partial charge in [0.2, 0.25) is 5.76 Å². The van der Waals surface area contributed by atoms with Gasteiger partial charge in [0, 0.05) is 16.6 Å². The van der Waals surface area contributed by atoms with Crippen molar-refractivity contribution in [3.63, 3.8) is 0 Å². The van der Waals surface area contributed by atoms with Crippen molar-refractivity contribution >= 4 is 32.8 Å². The number of halogens is 3. The minimum absolute atomic E-state index is 0.0573. The Hall–Kier alpha value is -3.32. The molecule has 0 bridgehead atoms. The third-order valence-corrected chi connectivity index (χ3v) is 5.89. The van der Waals surface area contributed by atoms with Crippen LogP contribution in [0.5, 0.6) is 0 Å². The lowest BCUT2D eigenvalue weighted by atomic mass is 9.98. The third kappa shape index (κ3) is 3.25. The number of amides is 1. The monoisotopic (exact) mass is 481 g/mol. The number of nitrogens with zero attached hydrogens (tertiary/aromatic N) is 1. The SMILES string of the molecule is O=C1c2oc3ccc(Br)cc3c(=O)c2C(c2ccccc2F)N1Cc1ccc(F)cc1. The van der Waals surface area contributed by atoms with E-state index >= 15 is 0 Å². The smallest absolute Gasteiger partial charge is 0.291 e. The van der Waals surface area contributed by atoms with Gasteiger partial charge in [-0.15, -0.1) is 0 Å². The second kappa shape index (κ2) is 7.42. The van der Waals surface area contributed by atoms with E-state index in [0.717, 1.165) is 0 Å². The van der Waals surface area contributed by atoms with Crippen LogP contribution in [0.2, 0.25) is 0 Å². The Kier molecular flexibility index (Phi) is 4.70. The van der Waals surface area contributed by atoms with Gasteiger partial charge < -0.3 is 9.32 Å². The van der Waals surface area contributed by atoms with E-state index in [-0.39, 0.29) is 34.4 Å². The third-order valence-electron chi connectivity index (χ3n) is 5.39. The lowest BCUT2D eigenvalue weighted by Crippen LogP contribution is -2.29. The van der Waals surface area contributed by atoms with E-state index < -0.39 is 23.6 Å². The summed E-state index contributed by atoms with van der Waals surface area (Å²) in [6, 6.07) is 15.7. The van der Waals surface area contributed by atoms with E-state index in [1.54, 1.807) is 48.5 Å². The standard InChI is InChI=1S/C24H14BrF2NO3/c25-14-7-10-19-17(11-14)22(29)20-21(16-3-1-2-4-18(16)27)28(24(30)23(20)31-19)12-13-5-8-15(26)9-6-13/h1-11,21H,12H2. The molecule has 3 aromatic carbocycles. The normalized spacial score (nSPS) is 15.5. The maximum absolute atomic E-state index is 14.8. The second-order valence-corrected chi connectivity index (χ2v) is 8.21. The fourth-order valence-electron chi connectivity index (χ4n) is 3.96. The molecule has 1 aliphatic heterocycles. The summed E-state index contributed by atoms with van der Waals surface area (Å²) in [7, 11) is 0. The molecular weight excluding hydrogens is 468 g/mol. The molecule has 1 atom stereocenters. The van der Waals surface area contributed by atoms with Crippen molar-refractivity contribution in [2.45, 2.75) is 12.6 Å². The van der Waals surface area contributed by atoms with Gasteiger partial charge >= 0.3 is 0 Å². The predicted octanol–water partition coefficient (Wildman–Crippen LogP) is 5.58. The Labute approximate surface area is 183 Å². The first-order valence-corrected chi connectivity index (χ1v) is 10.3. The maximum Gasteiger partial charge on any atom is 0.291 e. The lowest BCUT2D eigenvalue weighted by Gasteiger charge is -2.25. The van der Waals surface area contributed by atoms with Gasteiger partial charge in [-0.05, 0) is 42.0 Å². The molecule has 154 valence electrons. The summed E-state index contributed by atoms with van der Waals surface area (Å²) in [5.74, 6) is -1.56. The highest BCUT2D eigenvalue weighted by molar-refractivity contribution is 9.10. The van der Waals surface area contributed by atoms with E-state index in [1.165, 1.54) is 23.1 Å². The maximum atomic E-state index is 14.8. The van der Waals surface area contributed by atoms with Crippen molar-refractivity contribution < 1.29 is 18.0 Å². The van der Waals surface area contributed by atoms with Gasteiger partial charge in [0.25, 0.3) is 5.91 Å². The first-order chi connectivity index (χ1) is 14.9. The van der Waals surface area contributed by atoms with Crippen LogP contribution in [0.15, 0.2) is 80.4 Å². The average molecular weight is 482 g/mol. The van der Waals surface area contributed by atoms with E-state index in [9.17, 15) is 18.4 Å². The van der Waals surface area contributed by atoms with Crippen LogP contribution in [0.1, 0.15) is 33.3 Å². The number of carbonyl (C=O) groups excluding carboxylic acids is 1. The molecular formula is C24H14BrF2NO3. The lowest BCUT2D eigenvalue weighted by molar-refractivity contribution is 0.0712. The number of fused-ring (bicyclic) bond motifs is 2. The molecule has 0 radical (unpaired) electrons. The highest BCUT2D eigenvalue weighted by Crippen LogP contribution is 2.40. The minimum atomic E-state index is -0.964. The van der Waals surface area contributed by atoms with Crippen LogP contribution >= 0.6 is 15.9 Å². The van der Waals surface area contributed by atoms with Gasteiger partial charge in [-0.3, -0.25) is 9.59 Å². The highest BCUT2D eigenvalue weighted by atomic mass is 79.9. The molecule has 4 aromatic rings. The highest BCUT2D eigenvalue weighted by Gasteiger charge is 2.43. The molecule has 0 spiro atoms. The number of benzene rings is 3. The molecule has 2 heterocycles. The second-order valence-electron chi connectivity index (χ2n) is 7.30. The van der Waals surface area contributed by atoms with Gasteiger partial charge in [0.1, 0.15) is 17.2 Å². The minimum Gasteiger partial charge on any atom is -0.450 e. The Morgan fingerprint density at radius 1 is 0.968 bits per heavy atom. The number of rotatable bonds is 3. The van der Waals surface area contributed by atoms with Crippen LogP contribution in [0.25, 0.3) is 11.0 Å². The molecule has 0 aliphatic carbocycles. The number of carbonyl (C=O) groups is 1. The zero-order chi connectivity index (χ0) is 21.7. The topological polar surface area (TPSA) is 50.5 Å². The first kappa shape index (κ1) is 19.6. The quantitative estimate of drug-likeness (QED) is 0.383. The van der Waals surface area contributed by atoms with Crippen molar-refractivity contribution in [1.82, 2.24) is 4.90 Å². The summed E-state index contributed by atoms with van der Waals surface area (Å²) in [6.07, 6.45) is 0. The van der Waals surface area contributed by atoms with Crippen molar-refractivity contribution in [2.24, 2.45) is 0 Å². The van der Waals surface area contributed by atoms with Crippen LogP contribution in [0, 0.1) is 11.6 Å². The summed E-state index contributed by atoms with van der Waals surface area (Å²) in [5.41, 5.74) is 0.821. The van der Waals surface area contributed by atoms with E-state index in [4.69, 9.17) is 4.42 Å². The fourth-order valence-corrected chi connectivity index (χ4v) is 4.32. The molecule has 0 saturated heterocycles. The van der Waals surface area contributed by atoms with Crippen LogP contribution in [-0.4, -0.2) is 10.8 Å². The fraction of sp³-hybridized carbons (Fsp3) is 0.0833. The summed E-state index contributed by atoms with van der Waals surface area (Å²) in [5, 5.41) is 0.297. The molecule has 0 fully saturated rings. The summed E-state index contributed by atoms with van der Waals surface area (Å²) >= 11 is 3.34. The average Bonchev–Trinajstić information content (AvgIpc) is 3.03. The molecule has 7 heteroatoms. The van der Waals surface area contributed by atoms with Crippen LogP contribution in [0.3, 0.4) is 0 Å². The molecule has 4 nitrogen and oxygen atoms in total. The summed E-state index contributed by atoms with van der Waals surface area (Å²) < 4.78 is 34.7. The van der Waals surface area contributed by atoms with Crippen LogP contribution in [-0.2, 0) is 6.54 Å². The Balaban J connectivity index is 1.74. The molecule has 0 saturated carbocycles. The zero-order valence-corrected chi connectivity index (χ0v) is 17.5. The van der Waals surface area contributed by atoms with Gasteiger partial charge in [-0.1, -0.05) is 46.3 Å². The number of hydrogen-bond acceptors (Lipinski definition) is 3. The first-order valence-electron chi connectivity index (χ1n) is 9.50.